The number of carbonyl (C=O) groups excluding carboxylic acids is 2. The van der Waals surface area contributed by atoms with Crippen molar-refractivity contribution in [3.8, 4) is 0 Å². The van der Waals surface area contributed by atoms with Crippen molar-refractivity contribution in [1.29, 1.82) is 0 Å². The number of hydrogen-bond donors (Lipinski definition) is 2. The van der Waals surface area contributed by atoms with Crippen LogP contribution in [0, 0.1) is 0 Å². The maximum atomic E-state index is 13.9. The monoisotopic (exact) mass is 373 g/mol. The normalized spacial score (nSPS) is 23.7. The molecule has 0 saturated heterocycles. The maximum Gasteiger partial charge on any atom is 0.279 e. The molecule has 1 spiro atoms. The topological polar surface area (TPSA) is 61.4 Å². The summed E-state index contributed by atoms with van der Waals surface area (Å²) in [6.45, 7) is 8.26. The van der Waals surface area contributed by atoms with E-state index in [0.29, 0.717) is 11.3 Å². The summed E-state index contributed by atoms with van der Waals surface area (Å²) < 4.78 is 0. The van der Waals surface area contributed by atoms with Crippen molar-refractivity contribution in [3.63, 3.8) is 0 Å². The van der Waals surface area contributed by atoms with Gasteiger partial charge >= 0.3 is 0 Å². The molecule has 2 N–H and O–H groups in total. The van der Waals surface area contributed by atoms with Crippen molar-refractivity contribution in [2.24, 2.45) is 0 Å². The van der Waals surface area contributed by atoms with E-state index in [-0.39, 0.29) is 11.8 Å². The molecule has 2 amide bonds. The molecule has 2 aromatic carbocycles. The van der Waals surface area contributed by atoms with Gasteiger partial charge in [-0.2, -0.15) is 0 Å². The van der Waals surface area contributed by atoms with Crippen molar-refractivity contribution in [1.82, 2.24) is 5.32 Å². The molecule has 0 aromatic heterocycles. The van der Waals surface area contributed by atoms with Crippen LogP contribution in [0.3, 0.4) is 0 Å². The number of aryl methyl sites for hydroxylation is 1. The third kappa shape index (κ3) is 1.96. The lowest BCUT2D eigenvalue weighted by atomic mass is 9.86. The molecule has 5 nitrogen and oxygen atoms in total. The van der Waals surface area contributed by atoms with Crippen LogP contribution in [0.25, 0.3) is 5.57 Å². The molecular weight excluding hydrogens is 350 g/mol. The molecule has 142 valence electrons. The highest BCUT2D eigenvalue weighted by atomic mass is 16.2. The van der Waals surface area contributed by atoms with E-state index in [0.717, 1.165) is 34.4 Å². The fourth-order valence-corrected chi connectivity index (χ4v) is 4.83. The molecule has 2 aromatic rings. The predicted octanol–water partition coefficient (Wildman–Crippen LogP) is 3.80. The molecule has 0 bridgehead atoms. The highest BCUT2D eigenvalue weighted by Gasteiger charge is 2.59. The van der Waals surface area contributed by atoms with Crippen LogP contribution in [0.5, 0.6) is 0 Å². The summed E-state index contributed by atoms with van der Waals surface area (Å²) in [4.78, 5) is 28.6. The van der Waals surface area contributed by atoms with E-state index in [1.807, 2.05) is 36.9 Å². The molecule has 28 heavy (non-hydrogen) atoms. The molecule has 0 fully saturated rings. The number of fused-ring (bicyclic) bond motifs is 2. The van der Waals surface area contributed by atoms with Gasteiger partial charge in [-0.05, 0) is 62.6 Å². The van der Waals surface area contributed by atoms with Crippen LogP contribution in [0.2, 0.25) is 0 Å². The second-order valence-electron chi connectivity index (χ2n) is 8.39. The Hall–Kier alpha value is -3.08. The van der Waals surface area contributed by atoms with Crippen LogP contribution >= 0.6 is 0 Å². The first kappa shape index (κ1) is 17.0. The van der Waals surface area contributed by atoms with Crippen molar-refractivity contribution in [3.05, 3.63) is 64.7 Å². The van der Waals surface area contributed by atoms with Gasteiger partial charge in [-0.15, -0.1) is 0 Å². The number of nitrogens with zero attached hydrogens (tertiary/aromatic N) is 1. The summed E-state index contributed by atoms with van der Waals surface area (Å²) in [5.74, 6) is -0.380. The largest absolute Gasteiger partial charge is 0.350 e. The zero-order valence-corrected chi connectivity index (χ0v) is 16.5. The molecule has 0 aliphatic carbocycles. The van der Waals surface area contributed by atoms with Gasteiger partial charge in [-0.1, -0.05) is 25.1 Å². The standard InChI is InChI=1S/C23H23N3O2/c1-5-14-10-16-13(2)12-22(3,4)26-19(16)17(11-14)23(21(26)28)24-18-9-7-6-8-15(18)20(27)25-23/h6-12,24H,5H2,1-4H3,(H,25,27)/t23-/m1/s1. The second kappa shape index (κ2) is 5.25. The van der Waals surface area contributed by atoms with Gasteiger partial charge in [-0.3, -0.25) is 14.5 Å². The molecule has 3 aliphatic rings. The van der Waals surface area contributed by atoms with Crippen LogP contribution in [-0.4, -0.2) is 17.4 Å². The summed E-state index contributed by atoms with van der Waals surface area (Å²) in [6, 6.07) is 11.5. The van der Waals surface area contributed by atoms with Crippen molar-refractivity contribution in [2.75, 3.05) is 10.2 Å². The van der Waals surface area contributed by atoms with E-state index in [4.69, 9.17) is 0 Å². The number of hydrogen-bond acceptors (Lipinski definition) is 3. The van der Waals surface area contributed by atoms with Crippen LogP contribution in [-0.2, 0) is 16.9 Å². The molecule has 0 saturated carbocycles. The lowest BCUT2D eigenvalue weighted by Crippen LogP contribution is -2.62. The lowest BCUT2D eigenvalue weighted by Gasteiger charge is -2.40. The van der Waals surface area contributed by atoms with Crippen LogP contribution in [0.15, 0.2) is 42.5 Å². The lowest BCUT2D eigenvalue weighted by molar-refractivity contribution is -0.123. The fraction of sp³-hybridized carbons (Fsp3) is 0.304. The van der Waals surface area contributed by atoms with Crippen molar-refractivity contribution >= 4 is 28.8 Å². The summed E-state index contributed by atoms with van der Waals surface area (Å²) in [6.07, 6.45) is 2.99. The number of amides is 2. The van der Waals surface area contributed by atoms with Crippen LogP contribution in [0.1, 0.15) is 54.7 Å². The van der Waals surface area contributed by atoms with Crippen LogP contribution in [0.4, 0.5) is 11.4 Å². The second-order valence-corrected chi connectivity index (χ2v) is 8.39. The van der Waals surface area contributed by atoms with Gasteiger partial charge in [0.05, 0.1) is 16.8 Å². The van der Waals surface area contributed by atoms with E-state index < -0.39 is 11.2 Å². The number of anilines is 2. The number of carbonyl (C=O) groups is 2. The highest BCUT2D eigenvalue weighted by molar-refractivity contribution is 6.18. The number of para-hydroxylation sites is 1. The summed E-state index contributed by atoms with van der Waals surface area (Å²) in [5.41, 5.74) is 4.56. The minimum absolute atomic E-state index is 0.145. The maximum absolute atomic E-state index is 13.9. The van der Waals surface area contributed by atoms with E-state index >= 15 is 0 Å². The smallest absolute Gasteiger partial charge is 0.279 e. The fourth-order valence-electron chi connectivity index (χ4n) is 4.83. The Labute approximate surface area is 164 Å². The minimum Gasteiger partial charge on any atom is -0.350 e. The van der Waals surface area contributed by atoms with Gasteiger partial charge in [0, 0.05) is 16.8 Å². The van der Waals surface area contributed by atoms with Crippen molar-refractivity contribution < 1.29 is 9.59 Å². The zero-order valence-electron chi connectivity index (χ0n) is 16.5. The highest BCUT2D eigenvalue weighted by Crippen LogP contribution is 2.52. The third-order valence-electron chi connectivity index (χ3n) is 6.10. The van der Waals surface area contributed by atoms with Crippen LogP contribution < -0.4 is 15.5 Å². The Morgan fingerprint density at radius 2 is 1.79 bits per heavy atom. The Balaban J connectivity index is 1.82. The van der Waals surface area contributed by atoms with E-state index in [2.05, 4.69) is 42.7 Å². The predicted molar refractivity (Wildman–Crippen MR) is 110 cm³/mol. The number of allylic oxidation sites excluding steroid dienone is 1. The molecule has 3 heterocycles. The summed E-state index contributed by atoms with van der Waals surface area (Å²) in [5, 5.41) is 6.40. The molecule has 5 rings (SSSR count). The van der Waals surface area contributed by atoms with Gasteiger partial charge in [0.1, 0.15) is 0 Å². The van der Waals surface area contributed by atoms with Gasteiger partial charge in [-0.25, -0.2) is 0 Å². The quantitative estimate of drug-likeness (QED) is 0.799. The first-order valence-electron chi connectivity index (χ1n) is 9.70. The van der Waals surface area contributed by atoms with Crippen molar-refractivity contribution in [2.45, 2.75) is 45.3 Å². The Kier molecular flexibility index (Phi) is 3.20. The van der Waals surface area contributed by atoms with E-state index in [1.54, 1.807) is 6.07 Å². The third-order valence-corrected chi connectivity index (χ3v) is 6.10. The molecule has 0 radical (unpaired) electrons. The molecule has 3 aliphatic heterocycles. The average molecular weight is 373 g/mol. The number of benzene rings is 2. The first-order chi connectivity index (χ1) is 13.3. The molecule has 5 heteroatoms. The van der Waals surface area contributed by atoms with Gasteiger partial charge in [0.2, 0.25) is 5.66 Å². The van der Waals surface area contributed by atoms with E-state index in [9.17, 15) is 9.59 Å². The van der Waals surface area contributed by atoms with Gasteiger partial charge in [0.15, 0.2) is 0 Å². The number of nitrogens with one attached hydrogen (secondary N) is 2. The summed E-state index contributed by atoms with van der Waals surface area (Å²) in [7, 11) is 0. The Morgan fingerprint density at radius 3 is 2.54 bits per heavy atom. The molecule has 1 atom stereocenters. The van der Waals surface area contributed by atoms with E-state index in [1.165, 1.54) is 0 Å². The zero-order chi connectivity index (χ0) is 19.8. The number of rotatable bonds is 1. The van der Waals surface area contributed by atoms with Gasteiger partial charge in [0.25, 0.3) is 11.8 Å². The molecule has 0 unspecified atom stereocenters. The SMILES string of the molecule is CCc1cc2c3c(c1)[C@@]1(NC(=O)c4ccccc4N1)C(=O)N3C(C)(C)C=C2C. The molecular formula is C23H23N3O2. The first-order valence-corrected chi connectivity index (χ1v) is 9.70. The van der Waals surface area contributed by atoms with Gasteiger partial charge < -0.3 is 10.6 Å². The minimum atomic E-state index is -1.28. The Morgan fingerprint density at radius 1 is 1.04 bits per heavy atom. The average Bonchev–Trinajstić information content (AvgIpc) is 2.89. The Bertz CT molecular complexity index is 1100. The summed E-state index contributed by atoms with van der Waals surface area (Å²) >= 11 is 0.